The highest BCUT2D eigenvalue weighted by Gasteiger charge is 2.23. The Labute approximate surface area is 118 Å². The van der Waals surface area contributed by atoms with Crippen LogP contribution < -0.4 is 0 Å². The number of nitro benzene ring substituents is 1. The third-order valence-corrected chi connectivity index (χ3v) is 4.35. The summed E-state index contributed by atoms with van der Waals surface area (Å²) in [7, 11) is 0. The Balaban J connectivity index is 2.07. The first kappa shape index (κ1) is 14.3. The molecule has 1 heterocycles. The molecule has 0 aliphatic carbocycles. The molecular weight excluding hydrogens is 264 g/mol. The lowest BCUT2D eigenvalue weighted by molar-refractivity contribution is -0.384. The smallest absolute Gasteiger partial charge is 0.288 e. The van der Waals surface area contributed by atoms with Crippen LogP contribution in [0.2, 0.25) is 5.02 Å². The Morgan fingerprint density at radius 2 is 2.16 bits per heavy atom. The molecule has 1 aromatic rings. The SMILES string of the molecule is CC1CCN(Cc2ccc(Cl)c([N+](=O)[O-])c2)CC1C. The average Bonchev–Trinajstić information content (AvgIpc) is 2.36. The Morgan fingerprint density at radius 1 is 1.42 bits per heavy atom. The number of hydrogen-bond acceptors (Lipinski definition) is 3. The summed E-state index contributed by atoms with van der Waals surface area (Å²) in [6.07, 6.45) is 1.19. The van der Waals surface area contributed by atoms with E-state index >= 15 is 0 Å². The van der Waals surface area contributed by atoms with Crippen molar-refractivity contribution in [2.45, 2.75) is 26.8 Å². The number of likely N-dealkylation sites (tertiary alicyclic amines) is 1. The Kier molecular flexibility index (Phi) is 4.42. The molecule has 5 heteroatoms. The first-order chi connectivity index (χ1) is 8.97. The number of halogens is 1. The van der Waals surface area contributed by atoms with E-state index in [1.54, 1.807) is 12.1 Å². The van der Waals surface area contributed by atoms with E-state index in [-0.39, 0.29) is 10.7 Å². The van der Waals surface area contributed by atoms with Crippen LogP contribution in [0.4, 0.5) is 5.69 Å². The number of nitro groups is 1. The molecule has 19 heavy (non-hydrogen) atoms. The van der Waals surface area contributed by atoms with Crippen molar-refractivity contribution in [3.05, 3.63) is 38.9 Å². The first-order valence-corrected chi connectivity index (χ1v) is 7.00. The predicted octanol–water partition coefficient (Wildman–Crippen LogP) is 3.73. The molecule has 0 bridgehead atoms. The second-order valence-corrected chi connectivity index (χ2v) is 5.93. The molecule has 2 rings (SSSR count). The zero-order valence-electron chi connectivity index (χ0n) is 11.3. The molecule has 0 saturated carbocycles. The van der Waals surface area contributed by atoms with Crippen molar-refractivity contribution in [3.8, 4) is 0 Å². The predicted molar refractivity (Wildman–Crippen MR) is 76.3 cm³/mol. The van der Waals surface area contributed by atoms with Gasteiger partial charge in [0.1, 0.15) is 5.02 Å². The molecule has 2 unspecified atom stereocenters. The van der Waals surface area contributed by atoms with E-state index in [0.717, 1.165) is 31.1 Å². The molecule has 1 aromatic carbocycles. The molecule has 1 saturated heterocycles. The van der Waals surface area contributed by atoms with Crippen LogP contribution in [0, 0.1) is 22.0 Å². The summed E-state index contributed by atoms with van der Waals surface area (Å²) in [5.41, 5.74) is 0.954. The van der Waals surface area contributed by atoms with Crippen molar-refractivity contribution in [3.63, 3.8) is 0 Å². The lowest BCUT2D eigenvalue weighted by Crippen LogP contribution is -2.37. The highest BCUT2D eigenvalue weighted by Crippen LogP contribution is 2.27. The van der Waals surface area contributed by atoms with E-state index in [0.29, 0.717) is 5.92 Å². The van der Waals surface area contributed by atoms with Crippen LogP contribution >= 0.6 is 11.6 Å². The molecule has 0 N–H and O–H groups in total. The third-order valence-electron chi connectivity index (χ3n) is 4.03. The number of piperidine rings is 1. The highest BCUT2D eigenvalue weighted by atomic mass is 35.5. The van der Waals surface area contributed by atoms with Gasteiger partial charge in [0, 0.05) is 19.2 Å². The maximum Gasteiger partial charge on any atom is 0.288 e. The van der Waals surface area contributed by atoms with E-state index in [2.05, 4.69) is 18.7 Å². The number of rotatable bonds is 3. The van der Waals surface area contributed by atoms with Gasteiger partial charge in [0.15, 0.2) is 0 Å². The van der Waals surface area contributed by atoms with Gasteiger partial charge in [0.05, 0.1) is 4.92 Å². The molecular formula is C14H19ClN2O2. The van der Waals surface area contributed by atoms with E-state index in [4.69, 9.17) is 11.6 Å². The molecule has 1 fully saturated rings. The maximum atomic E-state index is 10.9. The fourth-order valence-corrected chi connectivity index (χ4v) is 2.73. The van der Waals surface area contributed by atoms with Crippen LogP contribution in [0.25, 0.3) is 0 Å². The van der Waals surface area contributed by atoms with Crippen molar-refractivity contribution in [2.24, 2.45) is 11.8 Å². The van der Waals surface area contributed by atoms with Gasteiger partial charge >= 0.3 is 0 Å². The molecule has 104 valence electrons. The highest BCUT2D eigenvalue weighted by molar-refractivity contribution is 6.32. The van der Waals surface area contributed by atoms with Crippen LogP contribution in [0.5, 0.6) is 0 Å². The fourth-order valence-electron chi connectivity index (χ4n) is 2.55. The van der Waals surface area contributed by atoms with Gasteiger partial charge in [0.2, 0.25) is 0 Å². The maximum absolute atomic E-state index is 10.9. The minimum Gasteiger partial charge on any atom is -0.299 e. The fraction of sp³-hybridized carbons (Fsp3) is 0.571. The molecule has 2 atom stereocenters. The van der Waals surface area contributed by atoms with Gasteiger partial charge in [-0.2, -0.15) is 0 Å². The van der Waals surface area contributed by atoms with Gasteiger partial charge in [-0.3, -0.25) is 15.0 Å². The van der Waals surface area contributed by atoms with Gasteiger partial charge < -0.3 is 0 Å². The van der Waals surface area contributed by atoms with E-state index in [9.17, 15) is 10.1 Å². The van der Waals surface area contributed by atoms with Crippen molar-refractivity contribution >= 4 is 17.3 Å². The van der Waals surface area contributed by atoms with Gasteiger partial charge in [0.25, 0.3) is 5.69 Å². The lowest BCUT2D eigenvalue weighted by Gasteiger charge is -2.35. The Hall–Kier alpha value is -1.13. The van der Waals surface area contributed by atoms with E-state index in [1.807, 2.05) is 6.07 Å². The molecule has 0 radical (unpaired) electrons. The minimum absolute atomic E-state index is 0.00223. The standard InChI is InChI=1S/C14H19ClN2O2/c1-10-5-6-16(8-11(10)2)9-12-3-4-13(15)14(7-12)17(18)19/h3-4,7,10-11H,5-6,8-9H2,1-2H3. The molecule has 4 nitrogen and oxygen atoms in total. The van der Waals surface area contributed by atoms with E-state index < -0.39 is 4.92 Å². The summed E-state index contributed by atoms with van der Waals surface area (Å²) in [6.45, 7) is 7.42. The van der Waals surface area contributed by atoms with Crippen LogP contribution in [0.3, 0.4) is 0 Å². The molecule has 0 amide bonds. The summed E-state index contributed by atoms with van der Waals surface area (Å²) in [4.78, 5) is 12.8. The van der Waals surface area contributed by atoms with Crippen LogP contribution in [0.1, 0.15) is 25.8 Å². The van der Waals surface area contributed by atoms with Gasteiger partial charge in [-0.1, -0.05) is 31.5 Å². The lowest BCUT2D eigenvalue weighted by atomic mass is 9.88. The summed E-state index contributed by atoms with van der Waals surface area (Å²) in [5.74, 6) is 1.44. The molecule has 1 aliphatic heterocycles. The van der Waals surface area contributed by atoms with Crippen molar-refractivity contribution in [1.29, 1.82) is 0 Å². The summed E-state index contributed by atoms with van der Waals surface area (Å²) >= 11 is 5.82. The topological polar surface area (TPSA) is 46.4 Å². The largest absolute Gasteiger partial charge is 0.299 e. The summed E-state index contributed by atoms with van der Waals surface area (Å²) in [6, 6.07) is 5.08. The van der Waals surface area contributed by atoms with Crippen LogP contribution in [-0.2, 0) is 6.54 Å². The number of nitrogens with zero attached hydrogens (tertiary/aromatic N) is 2. The van der Waals surface area contributed by atoms with Crippen LogP contribution in [-0.4, -0.2) is 22.9 Å². The quantitative estimate of drug-likeness (QED) is 0.627. The van der Waals surface area contributed by atoms with Crippen molar-refractivity contribution in [2.75, 3.05) is 13.1 Å². The summed E-state index contributed by atoms with van der Waals surface area (Å²) < 4.78 is 0. The molecule has 1 aliphatic rings. The van der Waals surface area contributed by atoms with Crippen molar-refractivity contribution < 1.29 is 4.92 Å². The van der Waals surface area contributed by atoms with E-state index in [1.165, 1.54) is 6.42 Å². The molecule has 0 aromatic heterocycles. The molecule has 0 spiro atoms. The average molecular weight is 283 g/mol. The minimum atomic E-state index is -0.424. The zero-order valence-corrected chi connectivity index (χ0v) is 12.1. The number of hydrogen-bond donors (Lipinski definition) is 0. The zero-order chi connectivity index (χ0) is 14.0. The third kappa shape index (κ3) is 3.45. The van der Waals surface area contributed by atoms with Gasteiger partial charge in [-0.15, -0.1) is 0 Å². The Morgan fingerprint density at radius 3 is 2.79 bits per heavy atom. The normalized spacial score (nSPS) is 24.4. The van der Waals surface area contributed by atoms with Gasteiger partial charge in [-0.05, 0) is 36.4 Å². The van der Waals surface area contributed by atoms with Crippen molar-refractivity contribution in [1.82, 2.24) is 4.90 Å². The second kappa shape index (κ2) is 5.88. The second-order valence-electron chi connectivity index (χ2n) is 5.52. The number of benzene rings is 1. The van der Waals surface area contributed by atoms with Gasteiger partial charge in [-0.25, -0.2) is 0 Å². The first-order valence-electron chi connectivity index (χ1n) is 6.62. The van der Waals surface area contributed by atoms with Crippen LogP contribution in [0.15, 0.2) is 18.2 Å². The summed E-state index contributed by atoms with van der Waals surface area (Å²) in [5, 5.41) is 11.1. The monoisotopic (exact) mass is 282 g/mol. The Bertz CT molecular complexity index is 479.